The minimum atomic E-state index is -0.951. The van der Waals surface area contributed by atoms with Crippen LogP contribution >= 0.6 is 0 Å². The van der Waals surface area contributed by atoms with Crippen LogP contribution in [0.3, 0.4) is 0 Å². The number of rotatable bonds is 7. The number of hydrogen-bond donors (Lipinski definition) is 3. The molecule has 0 spiro atoms. The van der Waals surface area contributed by atoms with E-state index in [9.17, 15) is 14.4 Å². The molecule has 2 amide bonds. The smallest absolute Gasteiger partial charge is 0.407 e. The monoisotopic (exact) mass is 450 g/mol. The number of nitrogens with one attached hydrogen (secondary N) is 2. The summed E-state index contributed by atoms with van der Waals surface area (Å²) in [6.07, 6.45) is 0.155. The number of aliphatic carboxylic acids is 1. The Hall–Kier alpha value is -3.39. The third kappa shape index (κ3) is 4.30. The zero-order valence-corrected chi connectivity index (χ0v) is 18.1. The van der Waals surface area contributed by atoms with Crippen LogP contribution in [0.1, 0.15) is 42.7 Å². The summed E-state index contributed by atoms with van der Waals surface area (Å²) >= 11 is 0. The Morgan fingerprint density at radius 1 is 1.03 bits per heavy atom. The van der Waals surface area contributed by atoms with Crippen molar-refractivity contribution >= 4 is 18.0 Å². The summed E-state index contributed by atoms with van der Waals surface area (Å²) in [5.74, 6) is -1.39. The standard InChI is InChI=1S/C25H26N2O6/c28-21(29)13-25(10-11-25)27-23(30)22-20(9-12-32-22)26-24(31)33-14-19-17-7-3-1-5-15(17)16-6-2-4-8-18(16)19/h1-8,19-20,22H,9-14H2,(H,26,31)(H,27,30)(H,28,29)/t20-,22+/m1/s1. The molecule has 1 saturated carbocycles. The van der Waals surface area contributed by atoms with Crippen molar-refractivity contribution in [2.24, 2.45) is 0 Å². The van der Waals surface area contributed by atoms with Gasteiger partial charge in [-0.1, -0.05) is 48.5 Å². The summed E-state index contributed by atoms with van der Waals surface area (Å²) in [6, 6.07) is 15.7. The van der Waals surface area contributed by atoms with Crippen LogP contribution in [0.4, 0.5) is 4.79 Å². The van der Waals surface area contributed by atoms with E-state index in [0.717, 1.165) is 22.3 Å². The molecule has 2 fully saturated rings. The minimum absolute atomic E-state index is 0.0483. The maximum atomic E-state index is 12.7. The lowest BCUT2D eigenvalue weighted by Gasteiger charge is -2.23. The molecular weight excluding hydrogens is 424 g/mol. The Bertz CT molecular complexity index is 1050. The average Bonchev–Trinajstić information content (AvgIpc) is 3.24. The van der Waals surface area contributed by atoms with Gasteiger partial charge in [0, 0.05) is 12.5 Å². The fourth-order valence-electron chi connectivity index (χ4n) is 4.91. The molecule has 2 aliphatic carbocycles. The van der Waals surface area contributed by atoms with E-state index in [2.05, 4.69) is 34.9 Å². The SMILES string of the molecule is O=C(O)CC1(NC(=O)[C@H]2OCC[C@H]2NC(=O)OCC2c3ccccc3-c3ccccc32)CC1. The molecule has 3 N–H and O–H groups in total. The van der Waals surface area contributed by atoms with Gasteiger partial charge >= 0.3 is 12.1 Å². The van der Waals surface area contributed by atoms with Crippen LogP contribution in [0.15, 0.2) is 48.5 Å². The van der Waals surface area contributed by atoms with Crippen molar-refractivity contribution in [1.29, 1.82) is 0 Å². The van der Waals surface area contributed by atoms with Gasteiger partial charge in [-0.05, 0) is 41.5 Å². The number of alkyl carbamates (subject to hydrolysis) is 1. The Kier molecular flexibility index (Phi) is 5.54. The zero-order valence-electron chi connectivity index (χ0n) is 18.1. The molecule has 2 aromatic rings. The lowest BCUT2D eigenvalue weighted by atomic mass is 9.98. The van der Waals surface area contributed by atoms with Gasteiger partial charge in [0.25, 0.3) is 5.91 Å². The highest BCUT2D eigenvalue weighted by atomic mass is 16.6. The molecule has 8 nitrogen and oxygen atoms in total. The summed E-state index contributed by atoms with van der Waals surface area (Å²) in [4.78, 5) is 36.3. The normalized spacial score (nSPS) is 22.2. The van der Waals surface area contributed by atoms with Crippen LogP contribution in [0.25, 0.3) is 11.1 Å². The molecule has 1 aliphatic heterocycles. The summed E-state index contributed by atoms with van der Waals surface area (Å²) < 4.78 is 11.1. The van der Waals surface area contributed by atoms with Gasteiger partial charge in [0.15, 0.2) is 6.10 Å². The summed E-state index contributed by atoms with van der Waals surface area (Å²) in [6.45, 7) is 0.518. The number of amides is 2. The van der Waals surface area contributed by atoms with Gasteiger partial charge in [-0.25, -0.2) is 4.79 Å². The number of carbonyl (C=O) groups is 3. The Balaban J connectivity index is 1.19. The zero-order chi connectivity index (χ0) is 23.0. The second-order valence-electron chi connectivity index (χ2n) is 9.00. The number of ether oxygens (including phenoxy) is 2. The van der Waals surface area contributed by atoms with Crippen LogP contribution < -0.4 is 10.6 Å². The molecule has 8 heteroatoms. The summed E-state index contributed by atoms with van der Waals surface area (Å²) in [5.41, 5.74) is 3.86. The van der Waals surface area contributed by atoms with Crippen molar-refractivity contribution in [2.75, 3.05) is 13.2 Å². The largest absolute Gasteiger partial charge is 0.481 e. The molecule has 5 rings (SSSR count). The fourth-order valence-corrected chi connectivity index (χ4v) is 4.91. The van der Waals surface area contributed by atoms with E-state index in [1.54, 1.807) is 0 Å². The summed E-state index contributed by atoms with van der Waals surface area (Å²) in [5, 5.41) is 14.6. The fraction of sp³-hybridized carbons (Fsp3) is 0.400. The molecule has 1 saturated heterocycles. The van der Waals surface area contributed by atoms with Crippen LogP contribution in [0.5, 0.6) is 0 Å². The van der Waals surface area contributed by atoms with Crippen molar-refractivity contribution in [1.82, 2.24) is 10.6 Å². The second-order valence-corrected chi connectivity index (χ2v) is 9.00. The van der Waals surface area contributed by atoms with Gasteiger partial charge in [0.05, 0.1) is 18.0 Å². The lowest BCUT2D eigenvalue weighted by Crippen LogP contribution is -2.51. The van der Waals surface area contributed by atoms with E-state index in [1.807, 2.05) is 24.3 Å². The summed E-state index contributed by atoms with van der Waals surface area (Å²) in [7, 11) is 0. The number of benzene rings is 2. The molecule has 33 heavy (non-hydrogen) atoms. The van der Waals surface area contributed by atoms with E-state index < -0.39 is 35.7 Å². The molecule has 2 aromatic carbocycles. The molecule has 172 valence electrons. The molecule has 0 unspecified atom stereocenters. The van der Waals surface area contributed by atoms with Gasteiger partial charge < -0.3 is 25.2 Å². The first-order valence-corrected chi connectivity index (χ1v) is 11.2. The lowest BCUT2D eigenvalue weighted by molar-refractivity contribution is -0.138. The van der Waals surface area contributed by atoms with E-state index in [0.29, 0.717) is 25.9 Å². The van der Waals surface area contributed by atoms with Gasteiger partial charge in [-0.15, -0.1) is 0 Å². The number of carboxylic acids is 1. The molecule has 0 bridgehead atoms. The quantitative estimate of drug-likeness (QED) is 0.598. The van der Waals surface area contributed by atoms with Crippen LogP contribution in [-0.2, 0) is 19.1 Å². The molecule has 0 aromatic heterocycles. The third-order valence-corrected chi connectivity index (χ3v) is 6.73. The molecular formula is C25H26N2O6. The first kappa shape index (κ1) is 21.5. The second kappa shape index (κ2) is 8.51. The third-order valence-electron chi connectivity index (χ3n) is 6.73. The van der Waals surface area contributed by atoms with Gasteiger partial charge in [-0.3, -0.25) is 9.59 Å². The Morgan fingerprint density at radius 2 is 1.67 bits per heavy atom. The highest BCUT2D eigenvalue weighted by Crippen LogP contribution is 2.44. The maximum Gasteiger partial charge on any atom is 0.407 e. The number of carbonyl (C=O) groups excluding carboxylic acids is 2. The van der Waals surface area contributed by atoms with Crippen molar-refractivity contribution < 1.29 is 29.0 Å². The highest BCUT2D eigenvalue weighted by molar-refractivity contribution is 5.85. The predicted molar refractivity (Wildman–Crippen MR) is 119 cm³/mol. The van der Waals surface area contributed by atoms with Crippen molar-refractivity contribution in [3.05, 3.63) is 59.7 Å². The van der Waals surface area contributed by atoms with Crippen LogP contribution in [0.2, 0.25) is 0 Å². The van der Waals surface area contributed by atoms with Crippen LogP contribution in [-0.4, -0.2) is 54.0 Å². The maximum absolute atomic E-state index is 12.7. The Labute approximate surface area is 191 Å². The first-order valence-electron chi connectivity index (χ1n) is 11.2. The minimum Gasteiger partial charge on any atom is -0.481 e. The molecule has 0 radical (unpaired) electrons. The van der Waals surface area contributed by atoms with Crippen molar-refractivity contribution in [2.45, 2.75) is 49.3 Å². The Morgan fingerprint density at radius 3 is 2.27 bits per heavy atom. The van der Waals surface area contributed by atoms with Gasteiger partial charge in [0.2, 0.25) is 0 Å². The van der Waals surface area contributed by atoms with E-state index >= 15 is 0 Å². The number of hydrogen-bond acceptors (Lipinski definition) is 5. The first-order chi connectivity index (χ1) is 16.0. The topological polar surface area (TPSA) is 114 Å². The molecule has 1 heterocycles. The number of carboxylic acid groups (broad SMARTS) is 1. The van der Waals surface area contributed by atoms with E-state index in [1.165, 1.54) is 0 Å². The van der Waals surface area contributed by atoms with Crippen LogP contribution in [0, 0.1) is 0 Å². The van der Waals surface area contributed by atoms with Crippen molar-refractivity contribution in [3.8, 4) is 11.1 Å². The van der Waals surface area contributed by atoms with Gasteiger partial charge in [-0.2, -0.15) is 0 Å². The predicted octanol–water partition coefficient (Wildman–Crippen LogP) is 2.81. The van der Waals surface area contributed by atoms with Crippen molar-refractivity contribution in [3.63, 3.8) is 0 Å². The van der Waals surface area contributed by atoms with E-state index in [4.69, 9.17) is 14.6 Å². The highest BCUT2D eigenvalue weighted by Gasteiger charge is 2.48. The van der Waals surface area contributed by atoms with E-state index in [-0.39, 0.29) is 18.9 Å². The number of fused-ring (bicyclic) bond motifs is 3. The molecule has 2 atom stereocenters. The molecule has 3 aliphatic rings. The average molecular weight is 450 g/mol. The van der Waals surface area contributed by atoms with Gasteiger partial charge in [0.1, 0.15) is 6.61 Å².